The zero-order valence-corrected chi connectivity index (χ0v) is 13.7. The van der Waals surface area contributed by atoms with Gasteiger partial charge in [-0.3, -0.25) is 0 Å². The number of halogens is 1. The van der Waals surface area contributed by atoms with Gasteiger partial charge in [-0.2, -0.15) is 0 Å². The molecule has 21 heavy (non-hydrogen) atoms. The van der Waals surface area contributed by atoms with Crippen LogP contribution in [0.5, 0.6) is 11.5 Å². The monoisotopic (exact) mass is 349 g/mol. The number of hydrogen-bond donors (Lipinski definition) is 2. The van der Waals surface area contributed by atoms with Gasteiger partial charge in [-0.05, 0) is 52.7 Å². The standard InChI is InChI=1S/C17H20BrNO2/c1-2-9-19-11-13-7-8-17(15(18)10-13)21-16-6-4-3-5-14(16)12-20/h3-8,10,19-20H,2,9,11-12H2,1H3. The van der Waals surface area contributed by atoms with Crippen molar-refractivity contribution in [3.8, 4) is 11.5 Å². The third kappa shape index (κ3) is 4.56. The molecule has 0 atom stereocenters. The van der Waals surface area contributed by atoms with Gasteiger partial charge in [0, 0.05) is 12.1 Å². The number of hydrogen-bond acceptors (Lipinski definition) is 3. The Hall–Kier alpha value is -1.36. The lowest BCUT2D eigenvalue weighted by molar-refractivity contribution is 0.276. The predicted molar refractivity (Wildman–Crippen MR) is 88.6 cm³/mol. The maximum absolute atomic E-state index is 9.33. The number of benzene rings is 2. The Morgan fingerprint density at radius 1 is 1.14 bits per heavy atom. The first-order valence-electron chi connectivity index (χ1n) is 7.10. The normalized spacial score (nSPS) is 10.6. The number of nitrogens with one attached hydrogen (secondary N) is 1. The van der Waals surface area contributed by atoms with Crippen LogP contribution in [0.4, 0.5) is 0 Å². The Morgan fingerprint density at radius 2 is 1.95 bits per heavy atom. The first-order valence-corrected chi connectivity index (χ1v) is 7.89. The summed E-state index contributed by atoms with van der Waals surface area (Å²) >= 11 is 3.54. The second kappa shape index (κ2) is 8.17. The molecule has 0 amide bonds. The highest BCUT2D eigenvalue weighted by molar-refractivity contribution is 9.10. The van der Waals surface area contributed by atoms with E-state index in [2.05, 4.69) is 34.2 Å². The maximum atomic E-state index is 9.33. The van der Waals surface area contributed by atoms with Gasteiger partial charge in [0.15, 0.2) is 0 Å². The fourth-order valence-corrected chi connectivity index (χ4v) is 2.51. The Bertz CT molecular complexity index is 587. The highest BCUT2D eigenvalue weighted by atomic mass is 79.9. The van der Waals surface area contributed by atoms with Crippen LogP contribution in [-0.4, -0.2) is 11.7 Å². The van der Waals surface area contributed by atoms with Crippen molar-refractivity contribution >= 4 is 15.9 Å². The van der Waals surface area contributed by atoms with Crippen LogP contribution < -0.4 is 10.1 Å². The van der Waals surface area contributed by atoms with Crippen LogP contribution >= 0.6 is 15.9 Å². The third-order valence-corrected chi connectivity index (χ3v) is 3.73. The molecular formula is C17H20BrNO2. The minimum atomic E-state index is -0.0349. The van der Waals surface area contributed by atoms with E-state index in [0.717, 1.165) is 35.3 Å². The molecule has 0 aromatic heterocycles. The van der Waals surface area contributed by atoms with Crippen LogP contribution in [0.3, 0.4) is 0 Å². The first-order chi connectivity index (χ1) is 10.2. The van der Waals surface area contributed by atoms with E-state index >= 15 is 0 Å². The summed E-state index contributed by atoms with van der Waals surface area (Å²) in [4.78, 5) is 0. The van der Waals surface area contributed by atoms with Crippen LogP contribution in [0.25, 0.3) is 0 Å². The second-order valence-electron chi connectivity index (χ2n) is 4.81. The van der Waals surface area contributed by atoms with Crippen molar-refractivity contribution in [2.45, 2.75) is 26.5 Å². The van der Waals surface area contributed by atoms with Crippen LogP contribution in [0.15, 0.2) is 46.9 Å². The molecule has 0 fully saturated rings. The Balaban J connectivity index is 2.10. The SMILES string of the molecule is CCCNCc1ccc(Oc2ccccc2CO)c(Br)c1. The Morgan fingerprint density at radius 3 is 2.67 bits per heavy atom. The minimum Gasteiger partial charge on any atom is -0.456 e. The van der Waals surface area contributed by atoms with E-state index in [1.54, 1.807) is 0 Å². The molecule has 0 spiro atoms. The smallest absolute Gasteiger partial charge is 0.141 e. The fourth-order valence-electron chi connectivity index (χ4n) is 2.00. The molecular weight excluding hydrogens is 330 g/mol. The third-order valence-electron chi connectivity index (χ3n) is 3.12. The molecule has 0 radical (unpaired) electrons. The van der Waals surface area contributed by atoms with E-state index in [4.69, 9.17) is 4.74 Å². The average Bonchev–Trinajstić information content (AvgIpc) is 2.50. The number of aliphatic hydroxyl groups excluding tert-OH is 1. The zero-order valence-electron chi connectivity index (χ0n) is 12.1. The lowest BCUT2D eigenvalue weighted by atomic mass is 10.2. The van der Waals surface area contributed by atoms with Gasteiger partial charge in [0.25, 0.3) is 0 Å². The Labute approximate surface area is 134 Å². The van der Waals surface area contributed by atoms with Crippen molar-refractivity contribution in [2.75, 3.05) is 6.54 Å². The highest BCUT2D eigenvalue weighted by Crippen LogP contribution is 2.32. The van der Waals surface area contributed by atoms with Crippen molar-refractivity contribution in [3.05, 3.63) is 58.1 Å². The summed E-state index contributed by atoms with van der Waals surface area (Å²) in [6.07, 6.45) is 1.13. The molecule has 2 rings (SSSR count). The summed E-state index contributed by atoms with van der Waals surface area (Å²) in [7, 11) is 0. The molecule has 4 heteroatoms. The van der Waals surface area contributed by atoms with Crippen molar-refractivity contribution < 1.29 is 9.84 Å². The van der Waals surface area contributed by atoms with Crippen LogP contribution in [-0.2, 0) is 13.2 Å². The zero-order chi connectivity index (χ0) is 15.1. The Kier molecular flexibility index (Phi) is 6.23. The van der Waals surface area contributed by atoms with E-state index in [1.165, 1.54) is 5.56 Å². The van der Waals surface area contributed by atoms with E-state index in [9.17, 15) is 5.11 Å². The first kappa shape index (κ1) is 16.0. The van der Waals surface area contributed by atoms with Crippen LogP contribution in [0, 0.1) is 0 Å². The topological polar surface area (TPSA) is 41.5 Å². The summed E-state index contributed by atoms with van der Waals surface area (Å²) in [6, 6.07) is 13.5. The molecule has 0 aliphatic carbocycles. The summed E-state index contributed by atoms with van der Waals surface area (Å²) in [5, 5.41) is 12.7. The van der Waals surface area contributed by atoms with Gasteiger partial charge >= 0.3 is 0 Å². The molecule has 0 heterocycles. The predicted octanol–water partition coefficient (Wildman–Crippen LogP) is 4.23. The average molecular weight is 350 g/mol. The van der Waals surface area contributed by atoms with Gasteiger partial charge < -0.3 is 15.2 Å². The lowest BCUT2D eigenvalue weighted by Gasteiger charge is -2.12. The van der Waals surface area contributed by atoms with Gasteiger partial charge in [0.05, 0.1) is 11.1 Å². The van der Waals surface area contributed by atoms with E-state index in [-0.39, 0.29) is 6.61 Å². The molecule has 2 aromatic rings. The minimum absolute atomic E-state index is 0.0349. The second-order valence-corrected chi connectivity index (χ2v) is 5.66. The van der Waals surface area contributed by atoms with Crippen LogP contribution in [0.1, 0.15) is 24.5 Å². The van der Waals surface area contributed by atoms with Gasteiger partial charge in [-0.25, -0.2) is 0 Å². The number of rotatable bonds is 7. The van der Waals surface area contributed by atoms with Crippen molar-refractivity contribution in [1.29, 1.82) is 0 Å². The van der Waals surface area contributed by atoms with Gasteiger partial charge in [0.2, 0.25) is 0 Å². The molecule has 0 saturated carbocycles. The summed E-state index contributed by atoms with van der Waals surface area (Å²) in [6.45, 7) is 3.98. The number of para-hydroxylation sites is 1. The molecule has 3 nitrogen and oxygen atoms in total. The largest absolute Gasteiger partial charge is 0.456 e. The molecule has 0 aliphatic rings. The van der Waals surface area contributed by atoms with E-state index in [0.29, 0.717) is 5.75 Å². The molecule has 0 unspecified atom stereocenters. The maximum Gasteiger partial charge on any atom is 0.141 e. The van der Waals surface area contributed by atoms with Crippen LogP contribution in [0.2, 0.25) is 0 Å². The fraction of sp³-hybridized carbons (Fsp3) is 0.294. The van der Waals surface area contributed by atoms with Gasteiger partial charge in [-0.15, -0.1) is 0 Å². The summed E-state index contributed by atoms with van der Waals surface area (Å²) in [5.41, 5.74) is 1.98. The van der Waals surface area contributed by atoms with Crippen molar-refractivity contribution in [1.82, 2.24) is 5.32 Å². The number of ether oxygens (including phenoxy) is 1. The molecule has 0 bridgehead atoms. The van der Waals surface area contributed by atoms with Gasteiger partial charge in [-0.1, -0.05) is 31.2 Å². The molecule has 2 aromatic carbocycles. The highest BCUT2D eigenvalue weighted by Gasteiger charge is 2.07. The molecule has 2 N–H and O–H groups in total. The molecule has 0 aliphatic heterocycles. The number of aliphatic hydroxyl groups is 1. The van der Waals surface area contributed by atoms with Crippen molar-refractivity contribution in [3.63, 3.8) is 0 Å². The van der Waals surface area contributed by atoms with E-state index < -0.39 is 0 Å². The summed E-state index contributed by atoms with van der Waals surface area (Å²) in [5.74, 6) is 1.42. The van der Waals surface area contributed by atoms with E-state index in [1.807, 2.05) is 36.4 Å². The summed E-state index contributed by atoms with van der Waals surface area (Å²) < 4.78 is 6.79. The van der Waals surface area contributed by atoms with Crippen molar-refractivity contribution in [2.24, 2.45) is 0 Å². The van der Waals surface area contributed by atoms with Gasteiger partial charge in [0.1, 0.15) is 11.5 Å². The molecule has 112 valence electrons. The quantitative estimate of drug-likeness (QED) is 0.734. The lowest BCUT2D eigenvalue weighted by Crippen LogP contribution is -2.13. The molecule has 0 saturated heterocycles.